The van der Waals surface area contributed by atoms with Gasteiger partial charge in [0.1, 0.15) is 29.7 Å². The molecule has 4 heteroatoms. The van der Waals surface area contributed by atoms with Crippen LogP contribution in [-0.4, -0.2) is 24.0 Å². The van der Waals surface area contributed by atoms with Crippen LogP contribution < -0.4 is 0 Å². The number of nitrogens with zero attached hydrogens (tertiary/aromatic N) is 2. The average molecular weight is 435 g/mol. The molecule has 0 aromatic heterocycles. The van der Waals surface area contributed by atoms with E-state index in [0.29, 0.717) is 0 Å². The van der Waals surface area contributed by atoms with E-state index in [2.05, 4.69) is 85.8 Å². The van der Waals surface area contributed by atoms with Gasteiger partial charge in [-0.05, 0) is 41.2 Å². The van der Waals surface area contributed by atoms with E-state index >= 15 is 0 Å². The first-order valence-electron chi connectivity index (χ1n) is 11.9. The smallest absolute Gasteiger partial charge is 0.200 e. The largest absolute Gasteiger partial charge is 0.474 e. The van der Waals surface area contributed by atoms with Crippen molar-refractivity contribution in [1.82, 2.24) is 0 Å². The van der Waals surface area contributed by atoms with Crippen molar-refractivity contribution >= 4 is 11.8 Å². The van der Waals surface area contributed by atoms with Crippen LogP contribution in [0.5, 0.6) is 0 Å². The predicted molar refractivity (Wildman–Crippen MR) is 129 cm³/mol. The van der Waals surface area contributed by atoms with Gasteiger partial charge in [0, 0.05) is 12.8 Å². The van der Waals surface area contributed by atoms with Gasteiger partial charge in [0.05, 0.1) is 0 Å². The first kappa shape index (κ1) is 19.1. The van der Waals surface area contributed by atoms with Gasteiger partial charge < -0.3 is 9.47 Å². The summed E-state index contributed by atoms with van der Waals surface area (Å²) in [4.78, 5) is 10.4. The van der Waals surface area contributed by atoms with E-state index in [1.807, 2.05) is 0 Å². The first-order valence-corrected chi connectivity index (χ1v) is 11.9. The van der Waals surface area contributed by atoms with Crippen molar-refractivity contribution in [2.75, 3.05) is 0 Å². The van der Waals surface area contributed by atoms with Gasteiger partial charge in [0.2, 0.25) is 0 Å². The third-order valence-corrected chi connectivity index (χ3v) is 7.68. The molecule has 4 unspecified atom stereocenters. The summed E-state index contributed by atoms with van der Waals surface area (Å²) in [6.07, 6.45) is 2.68. The highest BCUT2D eigenvalue weighted by molar-refractivity contribution is 6.06. The highest BCUT2D eigenvalue weighted by Crippen LogP contribution is 2.47. The van der Waals surface area contributed by atoms with Crippen LogP contribution in [0.2, 0.25) is 0 Å². The number of ether oxygens (including phenoxy) is 2. The molecule has 3 aromatic rings. The molecule has 0 bridgehead atoms. The van der Waals surface area contributed by atoms with Crippen LogP contribution in [0.1, 0.15) is 46.8 Å². The Morgan fingerprint density at radius 1 is 0.697 bits per heavy atom. The van der Waals surface area contributed by atoms with Crippen molar-refractivity contribution in [2.45, 2.75) is 50.5 Å². The summed E-state index contributed by atoms with van der Waals surface area (Å²) in [7, 11) is 0. The molecule has 4 atom stereocenters. The van der Waals surface area contributed by atoms with Crippen LogP contribution in [0, 0.1) is 5.41 Å². The van der Waals surface area contributed by atoms with Crippen molar-refractivity contribution in [2.24, 2.45) is 15.4 Å². The van der Waals surface area contributed by atoms with Crippen molar-refractivity contribution < 1.29 is 9.47 Å². The zero-order chi connectivity index (χ0) is 22.0. The minimum Gasteiger partial charge on any atom is -0.474 e. The maximum atomic E-state index is 6.60. The van der Waals surface area contributed by atoms with E-state index in [1.165, 1.54) is 27.8 Å². The molecule has 7 rings (SSSR count). The van der Waals surface area contributed by atoms with Crippen molar-refractivity contribution in [3.8, 4) is 0 Å². The summed E-state index contributed by atoms with van der Waals surface area (Å²) >= 11 is 0. The summed E-state index contributed by atoms with van der Waals surface area (Å²) in [5.74, 6) is 1.53. The molecule has 33 heavy (non-hydrogen) atoms. The van der Waals surface area contributed by atoms with E-state index in [9.17, 15) is 0 Å². The third-order valence-electron chi connectivity index (χ3n) is 7.68. The lowest BCUT2D eigenvalue weighted by atomic mass is 9.82. The number of rotatable bonds is 4. The number of hydrogen-bond acceptors (Lipinski definition) is 4. The molecular weight excluding hydrogens is 408 g/mol. The fraction of sp³-hybridized carbons (Fsp3) is 0.310. The van der Waals surface area contributed by atoms with Crippen molar-refractivity contribution in [3.63, 3.8) is 0 Å². The third kappa shape index (κ3) is 2.90. The molecule has 2 aliphatic heterocycles. The number of hydrogen-bond donors (Lipinski definition) is 0. The normalized spacial score (nSPS) is 27.9. The molecule has 164 valence electrons. The summed E-state index contributed by atoms with van der Waals surface area (Å²) < 4.78 is 13.2. The highest BCUT2D eigenvalue weighted by atomic mass is 16.5. The van der Waals surface area contributed by atoms with Gasteiger partial charge in [-0.1, -0.05) is 78.9 Å². The standard InChI is InChI=1S/C29H26N2O2/c1-29(17-18-9-3-2-4-10-18,27-30-25-21-13-7-5-11-19(21)15-23(25)32-27)28-31-26-22-14-8-6-12-20(22)16-24(26)33-28/h2-14,23-26H,15-17H2,1H3. The average Bonchev–Trinajstić information content (AvgIpc) is 3.58. The molecule has 2 aliphatic carbocycles. The van der Waals surface area contributed by atoms with Gasteiger partial charge in [-0.3, -0.25) is 0 Å². The molecule has 2 heterocycles. The Bertz CT molecular complexity index is 1220. The quantitative estimate of drug-likeness (QED) is 0.550. The number of fused-ring (bicyclic) bond motifs is 6. The summed E-state index contributed by atoms with van der Waals surface area (Å²) in [5, 5.41) is 0. The SMILES string of the molecule is CC(Cc1ccccc1)(C1=NC2c3ccccc3CC2O1)C1=NC2c3ccccc3CC2O1. The van der Waals surface area contributed by atoms with Gasteiger partial charge in [0.15, 0.2) is 11.8 Å². The molecule has 4 aliphatic rings. The molecule has 4 nitrogen and oxygen atoms in total. The van der Waals surface area contributed by atoms with Crippen LogP contribution in [0.25, 0.3) is 0 Å². The van der Waals surface area contributed by atoms with E-state index in [-0.39, 0.29) is 24.3 Å². The molecule has 0 radical (unpaired) electrons. The summed E-state index contributed by atoms with van der Waals surface area (Å²) in [6, 6.07) is 27.8. The lowest BCUT2D eigenvalue weighted by Crippen LogP contribution is -2.41. The minimum absolute atomic E-state index is 0.0635. The maximum absolute atomic E-state index is 6.60. The zero-order valence-corrected chi connectivity index (χ0v) is 18.6. The number of benzene rings is 3. The number of aliphatic imine (C=N–C) groups is 2. The topological polar surface area (TPSA) is 43.2 Å². The van der Waals surface area contributed by atoms with E-state index in [4.69, 9.17) is 19.5 Å². The molecule has 0 saturated carbocycles. The van der Waals surface area contributed by atoms with Crippen LogP contribution in [0.4, 0.5) is 0 Å². The first-order chi connectivity index (χ1) is 16.2. The second-order valence-electron chi connectivity index (χ2n) is 9.87. The van der Waals surface area contributed by atoms with Crippen molar-refractivity contribution in [1.29, 1.82) is 0 Å². The molecule has 0 fully saturated rings. The van der Waals surface area contributed by atoms with Crippen LogP contribution in [-0.2, 0) is 28.7 Å². The molecule has 3 aromatic carbocycles. The van der Waals surface area contributed by atoms with Gasteiger partial charge in [-0.25, -0.2) is 9.98 Å². The molecule has 0 amide bonds. The fourth-order valence-corrected chi connectivity index (χ4v) is 5.98. The van der Waals surface area contributed by atoms with E-state index in [1.54, 1.807) is 0 Å². The Morgan fingerprint density at radius 3 is 1.73 bits per heavy atom. The molecule has 0 spiro atoms. The monoisotopic (exact) mass is 434 g/mol. The second kappa shape index (κ2) is 7.05. The molecular formula is C29H26N2O2. The van der Waals surface area contributed by atoms with Crippen LogP contribution >= 0.6 is 0 Å². The fourth-order valence-electron chi connectivity index (χ4n) is 5.98. The summed E-state index contributed by atoms with van der Waals surface area (Å²) in [5.41, 5.74) is 5.97. The van der Waals surface area contributed by atoms with E-state index < -0.39 is 5.41 Å². The van der Waals surface area contributed by atoms with E-state index in [0.717, 1.165) is 31.1 Å². The lowest BCUT2D eigenvalue weighted by molar-refractivity contribution is 0.166. The molecule has 0 saturated heterocycles. The van der Waals surface area contributed by atoms with Crippen LogP contribution in [0.3, 0.4) is 0 Å². The lowest BCUT2D eigenvalue weighted by Gasteiger charge is -2.29. The van der Waals surface area contributed by atoms with Crippen LogP contribution in [0.15, 0.2) is 88.8 Å². The highest BCUT2D eigenvalue weighted by Gasteiger charge is 2.52. The van der Waals surface area contributed by atoms with Gasteiger partial charge in [-0.2, -0.15) is 0 Å². The second-order valence-corrected chi connectivity index (χ2v) is 9.87. The predicted octanol–water partition coefficient (Wildman–Crippen LogP) is 5.42. The molecule has 0 N–H and O–H groups in total. The minimum atomic E-state index is -0.542. The zero-order valence-electron chi connectivity index (χ0n) is 18.6. The Hall–Kier alpha value is -3.40. The summed E-state index contributed by atoms with van der Waals surface area (Å²) in [6.45, 7) is 2.19. The Labute approximate surface area is 194 Å². The Morgan fingerprint density at radius 2 is 1.18 bits per heavy atom. The van der Waals surface area contributed by atoms with Crippen molar-refractivity contribution in [3.05, 3.63) is 107 Å². The van der Waals surface area contributed by atoms with Gasteiger partial charge >= 0.3 is 0 Å². The Balaban J connectivity index is 1.29. The van der Waals surface area contributed by atoms with Gasteiger partial charge in [0.25, 0.3) is 0 Å². The maximum Gasteiger partial charge on any atom is 0.200 e. The Kier molecular flexibility index (Phi) is 4.08. The van der Waals surface area contributed by atoms with Gasteiger partial charge in [-0.15, -0.1) is 0 Å².